The number of nitro benzene ring substituents is 1. The highest BCUT2D eigenvalue weighted by molar-refractivity contribution is 9.08. The number of ether oxygens (including phenoxy) is 2. The van der Waals surface area contributed by atoms with Gasteiger partial charge in [-0.2, -0.15) is 0 Å². The summed E-state index contributed by atoms with van der Waals surface area (Å²) in [7, 11) is 2.47. The summed E-state index contributed by atoms with van der Waals surface area (Å²) < 4.78 is 9.43. The molecule has 0 radical (unpaired) electrons. The molecule has 1 aromatic carbocycles. The molecule has 0 fully saturated rings. The van der Waals surface area contributed by atoms with Crippen molar-refractivity contribution >= 4 is 27.6 Å². The second-order valence-electron chi connectivity index (χ2n) is 3.08. The van der Waals surface area contributed by atoms with Gasteiger partial charge in [0.15, 0.2) is 5.75 Å². The molecule has 0 aliphatic carbocycles. The van der Waals surface area contributed by atoms with Gasteiger partial charge in [-0.05, 0) is 17.7 Å². The van der Waals surface area contributed by atoms with Gasteiger partial charge in [0.2, 0.25) is 0 Å². The Morgan fingerprint density at radius 1 is 1.47 bits per heavy atom. The van der Waals surface area contributed by atoms with Crippen LogP contribution >= 0.6 is 15.9 Å². The number of rotatable bonds is 4. The Hall–Kier alpha value is -1.63. The van der Waals surface area contributed by atoms with Crippen LogP contribution in [0.15, 0.2) is 12.1 Å². The predicted octanol–water partition coefficient (Wildman–Crippen LogP) is 2.28. The van der Waals surface area contributed by atoms with Crippen LogP contribution in [0.1, 0.15) is 15.9 Å². The summed E-state index contributed by atoms with van der Waals surface area (Å²) in [5.74, 6) is -0.731. The lowest BCUT2D eigenvalue weighted by molar-refractivity contribution is -0.386. The first-order chi connectivity index (χ1) is 8.04. The van der Waals surface area contributed by atoms with Crippen LogP contribution in [0, 0.1) is 10.1 Å². The number of carbonyl (C=O) groups is 1. The first-order valence-corrected chi connectivity index (χ1v) is 5.66. The van der Waals surface area contributed by atoms with E-state index in [2.05, 4.69) is 20.7 Å². The van der Waals surface area contributed by atoms with E-state index < -0.39 is 10.9 Å². The molecule has 0 aliphatic heterocycles. The Kier molecular flexibility index (Phi) is 4.45. The maximum Gasteiger partial charge on any atom is 0.345 e. The monoisotopic (exact) mass is 303 g/mol. The molecule has 0 saturated carbocycles. The molecular formula is C10H10BrNO5. The number of nitro groups is 1. The van der Waals surface area contributed by atoms with E-state index in [0.717, 1.165) is 0 Å². The van der Waals surface area contributed by atoms with Crippen LogP contribution in [-0.4, -0.2) is 25.1 Å². The summed E-state index contributed by atoms with van der Waals surface area (Å²) >= 11 is 3.21. The highest BCUT2D eigenvalue weighted by Crippen LogP contribution is 2.33. The van der Waals surface area contributed by atoms with Gasteiger partial charge in [0.05, 0.1) is 19.1 Å². The van der Waals surface area contributed by atoms with Crippen LogP contribution in [0.5, 0.6) is 5.75 Å². The number of esters is 1. The van der Waals surface area contributed by atoms with Gasteiger partial charge in [0.1, 0.15) is 5.56 Å². The third-order valence-corrected chi connectivity index (χ3v) is 2.74. The lowest BCUT2D eigenvalue weighted by atomic mass is 10.1. The number of carbonyl (C=O) groups excluding carboxylic acids is 1. The molecule has 7 heteroatoms. The van der Waals surface area contributed by atoms with E-state index in [0.29, 0.717) is 10.9 Å². The van der Waals surface area contributed by atoms with Crippen LogP contribution in [-0.2, 0) is 10.1 Å². The second kappa shape index (κ2) is 5.62. The molecule has 0 saturated heterocycles. The van der Waals surface area contributed by atoms with Crippen molar-refractivity contribution in [2.45, 2.75) is 5.33 Å². The molecule has 0 aromatic heterocycles. The number of methoxy groups -OCH3 is 2. The van der Waals surface area contributed by atoms with E-state index in [4.69, 9.17) is 4.74 Å². The van der Waals surface area contributed by atoms with E-state index >= 15 is 0 Å². The molecule has 0 amide bonds. The minimum absolute atomic E-state index is 0.0346. The van der Waals surface area contributed by atoms with Crippen molar-refractivity contribution in [1.29, 1.82) is 0 Å². The topological polar surface area (TPSA) is 78.7 Å². The zero-order chi connectivity index (χ0) is 13.0. The lowest BCUT2D eigenvalue weighted by Crippen LogP contribution is -2.08. The first-order valence-electron chi connectivity index (χ1n) is 4.54. The van der Waals surface area contributed by atoms with E-state index in [1.807, 2.05) is 0 Å². The average Bonchev–Trinajstić information content (AvgIpc) is 2.35. The molecular weight excluding hydrogens is 294 g/mol. The van der Waals surface area contributed by atoms with Gasteiger partial charge in [-0.25, -0.2) is 4.79 Å². The van der Waals surface area contributed by atoms with E-state index in [1.54, 1.807) is 0 Å². The van der Waals surface area contributed by atoms with Crippen molar-refractivity contribution < 1.29 is 19.2 Å². The normalized spacial score (nSPS) is 9.82. The second-order valence-corrected chi connectivity index (χ2v) is 3.64. The van der Waals surface area contributed by atoms with E-state index in [9.17, 15) is 14.9 Å². The molecule has 0 heterocycles. The molecule has 0 N–H and O–H groups in total. The molecule has 1 aromatic rings. The summed E-state index contributed by atoms with van der Waals surface area (Å²) in [4.78, 5) is 21.7. The van der Waals surface area contributed by atoms with Crippen molar-refractivity contribution in [3.05, 3.63) is 33.4 Å². The minimum Gasteiger partial charge on any atom is -0.490 e. The van der Waals surface area contributed by atoms with Gasteiger partial charge >= 0.3 is 11.7 Å². The summed E-state index contributed by atoms with van der Waals surface area (Å²) in [5, 5.41) is 11.4. The largest absolute Gasteiger partial charge is 0.490 e. The fraction of sp³-hybridized carbons (Fsp3) is 0.300. The highest BCUT2D eigenvalue weighted by atomic mass is 79.9. The molecule has 1 rings (SSSR count). The molecule has 17 heavy (non-hydrogen) atoms. The van der Waals surface area contributed by atoms with E-state index in [1.165, 1.54) is 26.4 Å². The van der Waals surface area contributed by atoms with Crippen LogP contribution in [0.4, 0.5) is 5.69 Å². The van der Waals surface area contributed by atoms with Crippen molar-refractivity contribution in [3.63, 3.8) is 0 Å². The Morgan fingerprint density at radius 2 is 2.12 bits per heavy atom. The van der Waals surface area contributed by atoms with Crippen molar-refractivity contribution in [3.8, 4) is 5.75 Å². The van der Waals surface area contributed by atoms with Gasteiger partial charge in [-0.15, -0.1) is 0 Å². The van der Waals surface area contributed by atoms with Crippen molar-refractivity contribution in [2.75, 3.05) is 14.2 Å². The molecule has 0 unspecified atom stereocenters. The number of hydrogen-bond acceptors (Lipinski definition) is 5. The quantitative estimate of drug-likeness (QED) is 0.369. The molecule has 0 spiro atoms. The number of benzene rings is 1. The van der Waals surface area contributed by atoms with Gasteiger partial charge in [0.25, 0.3) is 0 Å². The zero-order valence-electron chi connectivity index (χ0n) is 9.23. The third-order valence-electron chi connectivity index (χ3n) is 2.10. The Morgan fingerprint density at radius 3 is 2.53 bits per heavy atom. The van der Waals surface area contributed by atoms with Crippen molar-refractivity contribution in [1.82, 2.24) is 0 Å². The van der Waals surface area contributed by atoms with E-state index in [-0.39, 0.29) is 17.0 Å². The molecule has 0 atom stereocenters. The fourth-order valence-electron chi connectivity index (χ4n) is 1.35. The fourth-order valence-corrected chi connectivity index (χ4v) is 1.68. The van der Waals surface area contributed by atoms with Gasteiger partial charge in [-0.3, -0.25) is 10.1 Å². The van der Waals surface area contributed by atoms with Gasteiger partial charge < -0.3 is 9.47 Å². The third kappa shape index (κ3) is 2.73. The van der Waals surface area contributed by atoms with Gasteiger partial charge in [-0.1, -0.05) is 15.9 Å². The van der Waals surface area contributed by atoms with Crippen LogP contribution in [0.2, 0.25) is 0 Å². The molecule has 0 aliphatic rings. The maximum absolute atomic E-state index is 11.5. The predicted molar refractivity (Wildman–Crippen MR) is 63.6 cm³/mol. The molecule has 92 valence electrons. The number of nitrogens with zero attached hydrogens (tertiary/aromatic N) is 1. The lowest BCUT2D eigenvalue weighted by Gasteiger charge is -2.08. The number of hydrogen-bond donors (Lipinski definition) is 0. The average molecular weight is 304 g/mol. The first kappa shape index (κ1) is 13.4. The number of halogens is 1. The van der Waals surface area contributed by atoms with Crippen LogP contribution < -0.4 is 4.74 Å². The Labute approximate surface area is 106 Å². The summed E-state index contributed by atoms with van der Waals surface area (Å²) in [6.07, 6.45) is 0. The SMILES string of the molecule is COC(=O)c1cc(CBr)cc(OC)c1[N+](=O)[O-]. The summed E-state index contributed by atoms with van der Waals surface area (Å²) in [5.41, 5.74) is 0.184. The zero-order valence-corrected chi connectivity index (χ0v) is 10.8. The summed E-state index contributed by atoms with van der Waals surface area (Å²) in [6.45, 7) is 0. The highest BCUT2D eigenvalue weighted by Gasteiger charge is 2.27. The maximum atomic E-state index is 11.5. The molecule has 6 nitrogen and oxygen atoms in total. The minimum atomic E-state index is -0.766. The van der Waals surface area contributed by atoms with Crippen LogP contribution in [0.3, 0.4) is 0 Å². The van der Waals surface area contributed by atoms with Crippen LogP contribution in [0.25, 0.3) is 0 Å². The summed E-state index contributed by atoms with van der Waals surface area (Å²) in [6, 6.07) is 2.90. The number of alkyl halides is 1. The Bertz CT molecular complexity index is 460. The Balaban J connectivity index is 3.51. The standard InChI is InChI=1S/C10H10BrNO5/c1-16-8-4-6(5-11)3-7(10(13)17-2)9(8)12(14)15/h3-4H,5H2,1-2H3. The smallest absolute Gasteiger partial charge is 0.345 e. The van der Waals surface area contributed by atoms with Crippen molar-refractivity contribution in [2.24, 2.45) is 0 Å². The molecule has 0 bridgehead atoms. The van der Waals surface area contributed by atoms with Gasteiger partial charge in [0, 0.05) is 5.33 Å².